The topological polar surface area (TPSA) is 139 Å². The van der Waals surface area contributed by atoms with Gasteiger partial charge in [0, 0.05) is 52.5 Å². The van der Waals surface area contributed by atoms with Gasteiger partial charge < -0.3 is 30.1 Å². The molecule has 2 aliphatic rings. The van der Waals surface area contributed by atoms with E-state index in [9.17, 15) is 24.3 Å². The van der Waals surface area contributed by atoms with Crippen LogP contribution in [0.25, 0.3) is 0 Å². The monoisotopic (exact) mass is 699 g/mol. The van der Waals surface area contributed by atoms with Crippen LogP contribution in [0.1, 0.15) is 111 Å². The first-order valence-electron chi connectivity index (χ1n) is 18.7. The zero-order valence-corrected chi connectivity index (χ0v) is 32.1. The van der Waals surface area contributed by atoms with Crippen molar-refractivity contribution in [2.75, 3.05) is 27.8 Å². The van der Waals surface area contributed by atoms with E-state index in [1.807, 2.05) is 62.9 Å². The standard InChI is InChI=1S/C40H65N3O7/c1-25(2)30(23-34(45)40(5,6)41)39(48)42(7)36(28-16-13-14-17-28)33(49-8)24-35(46)43-21-15-20-31(43)38(50-9)27(4)32(44)22-26(3)37(47)29-18-11-10-12-19-29/h10-12,18-19,25-28,30-31,33,36-38,47H,13-17,20-24,41H2,1-9H3/t26-,27-,30-,31-,33+,36-,37+,38+/m0/s1. The molecule has 0 aromatic heterocycles. The molecule has 1 aromatic rings. The van der Waals surface area contributed by atoms with Gasteiger partial charge in [0.25, 0.3) is 0 Å². The van der Waals surface area contributed by atoms with Crippen LogP contribution in [-0.4, -0.2) is 95.9 Å². The maximum absolute atomic E-state index is 14.2. The van der Waals surface area contributed by atoms with Gasteiger partial charge in [-0.3, -0.25) is 19.2 Å². The number of amides is 2. The average molecular weight is 700 g/mol. The van der Waals surface area contributed by atoms with E-state index in [0.29, 0.717) is 13.0 Å². The first-order valence-corrected chi connectivity index (χ1v) is 18.7. The molecule has 1 aliphatic carbocycles. The molecular weight excluding hydrogens is 634 g/mol. The maximum atomic E-state index is 14.2. The minimum Gasteiger partial charge on any atom is -0.388 e. The number of hydrogen-bond acceptors (Lipinski definition) is 8. The lowest BCUT2D eigenvalue weighted by Crippen LogP contribution is -2.54. The van der Waals surface area contributed by atoms with Crippen molar-refractivity contribution in [2.24, 2.45) is 35.3 Å². The van der Waals surface area contributed by atoms with Crippen molar-refractivity contribution in [1.29, 1.82) is 0 Å². The number of ketones is 2. The lowest BCUT2D eigenvalue weighted by atomic mass is 9.83. The van der Waals surface area contributed by atoms with Gasteiger partial charge in [0.15, 0.2) is 5.78 Å². The fraction of sp³-hybridized carbons (Fsp3) is 0.750. The van der Waals surface area contributed by atoms with Crippen LogP contribution in [0.4, 0.5) is 0 Å². The molecule has 1 aromatic carbocycles. The van der Waals surface area contributed by atoms with Crippen LogP contribution < -0.4 is 5.73 Å². The largest absolute Gasteiger partial charge is 0.388 e. The van der Waals surface area contributed by atoms with Crippen molar-refractivity contribution < 1.29 is 33.8 Å². The Balaban J connectivity index is 1.77. The lowest BCUT2D eigenvalue weighted by molar-refractivity contribution is -0.149. The number of methoxy groups -OCH3 is 2. The number of carbonyl (C=O) groups excluding carboxylic acids is 4. The first kappa shape index (κ1) is 41.8. The van der Waals surface area contributed by atoms with Crippen molar-refractivity contribution >= 4 is 23.4 Å². The molecule has 1 heterocycles. The Morgan fingerprint density at radius 2 is 1.56 bits per heavy atom. The first-order chi connectivity index (χ1) is 23.5. The van der Waals surface area contributed by atoms with Gasteiger partial charge in [-0.25, -0.2) is 0 Å². The summed E-state index contributed by atoms with van der Waals surface area (Å²) >= 11 is 0. The lowest BCUT2D eigenvalue weighted by Gasteiger charge is -2.41. The average Bonchev–Trinajstić information content (AvgIpc) is 3.79. The molecule has 282 valence electrons. The molecule has 10 heteroatoms. The number of aliphatic hydroxyl groups excluding tert-OH is 1. The molecule has 0 bridgehead atoms. The number of hydrogen-bond donors (Lipinski definition) is 2. The third-order valence-corrected chi connectivity index (χ3v) is 11.5. The van der Waals surface area contributed by atoms with Gasteiger partial charge in [0.2, 0.25) is 11.8 Å². The van der Waals surface area contributed by atoms with Crippen molar-refractivity contribution in [3.63, 3.8) is 0 Å². The molecule has 50 heavy (non-hydrogen) atoms. The summed E-state index contributed by atoms with van der Waals surface area (Å²) in [6.45, 7) is 11.5. The van der Waals surface area contributed by atoms with Gasteiger partial charge in [-0.2, -0.15) is 0 Å². The van der Waals surface area contributed by atoms with Gasteiger partial charge in [-0.15, -0.1) is 0 Å². The zero-order valence-electron chi connectivity index (χ0n) is 32.1. The Morgan fingerprint density at radius 1 is 0.940 bits per heavy atom. The predicted octanol–water partition coefficient (Wildman–Crippen LogP) is 5.35. The van der Waals surface area contributed by atoms with Crippen molar-refractivity contribution in [2.45, 2.75) is 135 Å². The number of rotatable bonds is 19. The maximum Gasteiger partial charge on any atom is 0.226 e. The molecule has 8 atom stereocenters. The second kappa shape index (κ2) is 18.7. The molecule has 1 saturated heterocycles. The summed E-state index contributed by atoms with van der Waals surface area (Å²) < 4.78 is 12.0. The third-order valence-electron chi connectivity index (χ3n) is 11.5. The highest BCUT2D eigenvalue weighted by molar-refractivity contribution is 5.92. The Hall–Kier alpha value is -2.66. The molecule has 0 unspecified atom stereocenters. The van der Waals surface area contributed by atoms with E-state index in [4.69, 9.17) is 15.2 Å². The Labute approximate surface area is 300 Å². The summed E-state index contributed by atoms with van der Waals surface area (Å²) in [7, 11) is 4.98. The number of likely N-dealkylation sites (tertiary alicyclic amines) is 1. The fourth-order valence-corrected chi connectivity index (χ4v) is 8.20. The van der Waals surface area contributed by atoms with Crippen LogP contribution in [-0.2, 0) is 28.7 Å². The third kappa shape index (κ3) is 10.5. The molecule has 2 amide bonds. The van der Waals surface area contributed by atoms with Crippen molar-refractivity contribution in [3.05, 3.63) is 35.9 Å². The van der Waals surface area contributed by atoms with Crippen LogP contribution in [0, 0.1) is 29.6 Å². The zero-order chi connectivity index (χ0) is 37.3. The SMILES string of the molecule is CO[C@H]([C@@H](C)C(=O)C[C@H](C)[C@@H](O)c1ccccc1)[C@@H]1CCCN1C(=O)C[C@@H](OC)[C@H](C1CCCC1)N(C)C(=O)[C@@H](CC(=O)C(C)(C)N)C(C)C. The number of benzene rings is 1. The van der Waals surface area contributed by atoms with E-state index >= 15 is 0 Å². The number of ether oxygens (including phenoxy) is 2. The van der Waals surface area contributed by atoms with Crippen molar-refractivity contribution in [3.8, 4) is 0 Å². The van der Waals surface area contributed by atoms with E-state index in [2.05, 4.69) is 0 Å². The van der Waals surface area contributed by atoms with Crippen LogP contribution in [0.2, 0.25) is 0 Å². The minimum atomic E-state index is -1.03. The highest BCUT2D eigenvalue weighted by Gasteiger charge is 2.44. The predicted molar refractivity (Wildman–Crippen MR) is 195 cm³/mol. The molecular formula is C40H65N3O7. The summed E-state index contributed by atoms with van der Waals surface area (Å²) in [5.41, 5.74) is 5.85. The smallest absolute Gasteiger partial charge is 0.226 e. The molecule has 3 rings (SSSR count). The Bertz CT molecular complexity index is 1260. The number of nitrogens with two attached hydrogens (primary N) is 1. The quantitative estimate of drug-likeness (QED) is 0.197. The molecule has 0 spiro atoms. The molecule has 1 aliphatic heterocycles. The fourth-order valence-electron chi connectivity index (χ4n) is 8.20. The molecule has 1 saturated carbocycles. The normalized spacial score (nSPS) is 21.4. The summed E-state index contributed by atoms with van der Waals surface area (Å²) in [5, 5.41) is 10.9. The van der Waals surface area contributed by atoms with E-state index in [1.54, 1.807) is 40.0 Å². The highest BCUT2D eigenvalue weighted by atomic mass is 16.5. The Morgan fingerprint density at radius 3 is 2.10 bits per heavy atom. The van der Waals surface area contributed by atoms with E-state index in [0.717, 1.165) is 37.7 Å². The van der Waals surface area contributed by atoms with Crippen molar-refractivity contribution in [1.82, 2.24) is 9.80 Å². The van der Waals surface area contributed by atoms with Crippen LogP contribution >= 0.6 is 0 Å². The van der Waals surface area contributed by atoms with Gasteiger partial charge in [0.1, 0.15) is 5.78 Å². The summed E-state index contributed by atoms with van der Waals surface area (Å²) in [6.07, 6.45) is 4.03. The summed E-state index contributed by atoms with van der Waals surface area (Å²) in [4.78, 5) is 58.4. The van der Waals surface area contributed by atoms with Gasteiger partial charge in [-0.05, 0) is 62.8 Å². The number of Topliss-reactive ketones (excluding diaryl/α,β-unsaturated/α-hetero) is 2. The minimum absolute atomic E-state index is 0.00829. The number of nitrogens with zero attached hydrogens (tertiary/aromatic N) is 2. The molecule has 2 fully saturated rings. The second-order valence-electron chi connectivity index (χ2n) is 16.0. The van der Waals surface area contributed by atoms with Gasteiger partial charge >= 0.3 is 0 Å². The van der Waals surface area contributed by atoms with E-state index in [1.165, 1.54) is 0 Å². The number of aliphatic hydroxyl groups is 1. The van der Waals surface area contributed by atoms with Crippen LogP contribution in [0.3, 0.4) is 0 Å². The van der Waals surface area contributed by atoms with Gasteiger partial charge in [-0.1, -0.05) is 70.9 Å². The second-order valence-corrected chi connectivity index (χ2v) is 16.0. The van der Waals surface area contributed by atoms with Crippen LogP contribution in [0.5, 0.6) is 0 Å². The molecule has 10 nitrogen and oxygen atoms in total. The van der Waals surface area contributed by atoms with E-state index in [-0.39, 0.29) is 72.5 Å². The number of likely N-dealkylation sites (N-methyl/N-ethyl adjacent to an activating group) is 1. The summed E-state index contributed by atoms with van der Waals surface area (Å²) in [5.74, 6) is -1.57. The van der Waals surface area contributed by atoms with E-state index < -0.39 is 35.7 Å². The molecule has 0 radical (unpaired) electrons. The molecule has 3 N–H and O–H groups in total. The number of carbonyl (C=O) groups is 4. The van der Waals surface area contributed by atoms with Crippen LogP contribution in [0.15, 0.2) is 30.3 Å². The summed E-state index contributed by atoms with van der Waals surface area (Å²) in [6, 6.07) is 8.74. The van der Waals surface area contributed by atoms with Gasteiger partial charge in [0.05, 0.1) is 42.4 Å². The highest BCUT2D eigenvalue weighted by Crippen LogP contribution is 2.36. The Kier molecular flexibility index (Phi) is 15.6.